The van der Waals surface area contributed by atoms with Gasteiger partial charge in [0, 0.05) is 51.5 Å². The first kappa shape index (κ1) is 22.2. The van der Waals surface area contributed by atoms with Crippen molar-refractivity contribution in [2.75, 3.05) is 50.7 Å². The van der Waals surface area contributed by atoms with Gasteiger partial charge >= 0.3 is 0 Å². The Balaban J connectivity index is 1.36. The molecule has 0 bridgehead atoms. The zero-order valence-electron chi connectivity index (χ0n) is 18.0. The van der Waals surface area contributed by atoms with E-state index in [-0.39, 0.29) is 24.2 Å². The van der Waals surface area contributed by atoms with Crippen molar-refractivity contribution in [3.63, 3.8) is 0 Å². The molecule has 3 unspecified atom stereocenters. The van der Waals surface area contributed by atoms with E-state index in [0.717, 1.165) is 5.69 Å². The van der Waals surface area contributed by atoms with Crippen molar-refractivity contribution in [3.8, 4) is 6.07 Å². The third-order valence-corrected chi connectivity index (χ3v) is 8.21. The lowest BCUT2D eigenvalue weighted by atomic mass is 10.2. The average molecular weight is 448 g/mol. The fourth-order valence-electron chi connectivity index (χ4n) is 4.70. The van der Waals surface area contributed by atoms with Gasteiger partial charge in [-0.15, -0.1) is 0 Å². The predicted octanol–water partition coefficient (Wildman–Crippen LogP) is 0.635. The fourth-order valence-corrected chi connectivity index (χ4v) is 6.45. The Morgan fingerprint density at radius 3 is 2.16 bits per heavy atom. The minimum absolute atomic E-state index is 0.0387. The van der Waals surface area contributed by atoms with E-state index >= 15 is 0 Å². The van der Waals surface area contributed by atoms with E-state index in [1.807, 2.05) is 13.8 Å². The van der Waals surface area contributed by atoms with Crippen LogP contribution in [0.15, 0.2) is 24.3 Å². The lowest BCUT2D eigenvalue weighted by Gasteiger charge is -2.41. The summed E-state index contributed by atoms with van der Waals surface area (Å²) in [5, 5.41) is 8.95. The normalized spacial score (nSPS) is 29.3. The van der Waals surface area contributed by atoms with Crippen molar-refractivity contribution < 1.29 is 17.9 Å². The predicted molar refractivity (Wildman–Crippen MR) is 116 cm³/mol. The molecule has 3 atom stereocenters. The average Bonchev–Trinajstić information content (AvgIpc) is 3.14. The van der Waals surface area contributed by atoms with Crippen LogP contribution in [0.3, 0.4) is 0 Å². The molecule has 3 aliphatic heterocycles. The van der Waals surface area contributed by atoms with Gasteiger partial charge in [-0.3, -0.25) is 9.69 Å². The molecule has 1 amide bonds. The van der Waals surface area contributed by atoms with Gasteiger partial charge < -0.3 is 9.64 Å². The van der Waals surface area contributed by atoms with Gasteiger partial charge in [-0.2, -0.15) is 22.3 Å². The number of hydrogen-bond acceptors (Lipinski definition) is 6. The lowest BCUT2D eigenvalue weighted by molar-refractivity contribution is -0.122. The maximum atomic E-state index is 13.1. The summed E-state index contributed by atoms with van der Waals surface area (Å²) in [5.41, 5.74) is 1.36. The molecule has 3 saturated heterocycles. The highest BCUT2D eigenvalue weighted by atomic mass is 32.2. The van der Waals surface area contributed by atoms with Crippen LogP contribution in [0.1, 0.15) is 25.8 Å². The Morgan fingerprint density at radius 1 is 0.968 bits per heavy atom. The van der Waals surface area contributed by atoms with E-state index in [1.54, 1.807) is 29.2 Å². The van der Waals surface area contributed by atoms with Crippen LogP contribution in [0.5, 0.6) is 0 Å². The minimum Gasteiger partial charge on any atom is -0.373 e. The van der Waals surface area contributed by atoms with E-state index in [1.165, 1.54) is 8.61 Å². The molecule has 0 spiro atoms. The Hall–Kier alpha value is -2.03. The standard InChI is InChI=1S/C21H29N5O4S/c1-16-14-25(15-17(2)30-16)31(28,29)24-11-9-23(10-12-24)20-7-8-26(21(20)27)19-5-3-18(13-22)4-6-19/h3-6,16-17,20H,7-12,14-15H2,1-2H3. The van der Waals surface area contributed by atoms with Crippen molar-refractivity contribution in [1.82, 2.24) is 13.5 Å². The number of carbonyl (C=O) groups is 1. The molecule has 0 N–H and O–H groups in total. The van der Waals surface area contributed by atoms with Gasteiger partial charge in [0.15, 0.2) is 0 Å². The number of ether oxygens (including phenoxy) is 1. The Kier molecular flexibility index (Phi) is 6.32. The maximum Gasteiger partial charge on any atom is 0.282 e. The SMILES string of the molecule is CC1CN(S(=O)(=O)N2CCN(C3CCN(c4ccc(C#N)cc4)C3=O)CC2)CC(C)O1. The number of morpholine rings is 1. The molecule has 168 valence electrons. The van der Waals surface area contributed by atoms with E-state index in [0.29, 0.717) is 57.8 Å². The molecule has 3 fully saturated rings. The highest BCUT2D eigenvalue weighted by Gasteiger charge is 2.41. The van der Waals surface area contributed by atoms with Crippen molar-refractivity contribution in [3.05, 3.63) is 29.8 Å². The third kappa shape index (κ3) is 4.47. The number of piperazine rings is 1. The Morgan fingerprint density at radius 2 is 1.58 bits per heavy atom. The highest BCUT2D eigenvalue weighted by Crippen LogP contribution is 2.26. The van der Waals surface area contributed by atoms with Crippen LogP contribution in [0.25, 0.3) is 0 Å². The van der Waals surface area contributed by atoms with Gasteiger partial charge in [0.2, 0.25) is 5.91 Å². The molecule has 31 heavy (non-hydrogen) atoms. The van der Waals surface area contributed by atoms with Crippen LogP contribution in [-0.4, -0.2) is 91.9 Å². The molecule has 0 radical (unpaired) electrons. The number of benzene rings is 1. The van der Waals surface area contributed by atoms with Crippen LogP contribution >= 0.6 is 0 Å². The summed E-state index contributed by atoms with van der Waals surface area (Å²) in [6, 6.07) is 8.88. The zero-order valence-corrected chi connectivity index (χ0v) is 18.8. The smallest absolute Gasteiger partial charge is 0.282 e. The molecule has 0 saturated carbocycles. The second-order valence-electron chi connectivity index (χ2n) is 8.47. The van der Waals surface area contributed by atoms with Crippen LogP contribution in [0.4, 0.5) is 5.69 Å². The number of nitrogens with zero attached hydrogens (tertiary/aromatic N) is 5. The topological polar surface area (TPSA) is 97.2 Å². The van der Waals surface area contributed by atoms with Gasteiger partial charge in [0.05, 0.1) is 29.9 Å². The first-order valence-electron chi connectivity index (χ1n) is 10.8. The number of anilines is 1. The second kappa shape index (κ2) is 8.84. The molecular weight excluding hydrogens is 418 g/mol. The van der Waals surface area contributed by atoms with Crippen molar-refractivity contribution >= 4 is 21.8 Å². The molecule has 0 aromatic heterocycles. The van der Waals surface area contributed by atoms with Gasteiger partial charge in [-0.1, -0.05) is 0 Å². The van der Waals surface area contributed by atoms with Crippen molar-refractivity contribution in [2.24, 2.45) is 0 Å². The molecule has 3 aliphatic rings. The maximum absolute atomic E-state index is 13.1. The summed E-state index contributed by atoms with van der Waals surface area (Å²) in [5.74, 6) is 0.0387. The summed E-state index contributed by atoms with van der Waals surface area (Å²) in [6.07, 6.45) is 0.470. The highest BCUT2D eigenvalue weighted by molar-refractivity contribution is 7.86. The molecule has 3 heterocycles. The molecular formula is C21H29N5O4S. The number of hydrogen-bond donors (Lipinski definition) is 0. The minimum atomic E-state index is -3.53. The van der Waals surface area contributed by atoms with Crippen LogP contribution < -0.4 is 4.90 Å². The van der Waals surface area contributed by atoms with Gasteiger partial charge in [0.1, 0.15) is 0 Å². The quantitative estimate of drug-likeness (QED) is 0.672. The van der Waals surface area contributed by atoms with Crippen LogP contribution in [0, 0.1) is 11.3 Å². The number of amides is 1. The van der Waals surface area contributed by atoms with E-state index in [9.17, 15) is 13.2 Å². The van der Waals surface area contributed by atoms with Crippen molar-refractivity contribution in [2.45, 2.75) is 38.5 Å². The summed E-state index contributed by atoms with van der Waals surface area (Å²) in [4.78, 5) is 16.9. The fraction of sp³-hybridized carbons (Fsp3) is 0.619. The lowest BCUT2D eigenvalue weighted by Crippen LogP contribution is -2.58. The van der Waals surface area contributed by atoms with E-state index < -0.39 is 10.2 Å². The van der Waals surface area contributed by atoms with Crippen molar-refractivity contribution in [1.29, 1.82) is 5.26 Å². The molecule has 4 rings (SSSR count). The van der Waals surface area contributed by atoms with Crippen LogP contribution in [0.2, 0.25) is 0 Å². The van der Waals surface area contributed by atoms with E-state index in [2.05, 4.69) is 11.0 Å². The Bertz CT molecular complexity index is 943. The summed E-state index contributed by atoms with van der Waals surface area (Å²) in [6.45, 7) is 6.96. The molecule has 1 aromatic carbocycles. The second-order valence-corrected chi connectivity index (χ2v) is 10.4. The Labute approximate surface area is 183 Å². The number of rotatable bonds is 4. The van der Waals surface area contributed by atoms with Gasteiger partial charge in [-0.25, -0.2) is 0 Å². The third-order valence-electron chi connectivity index (χ3n) is 6.24. The largest absolute Gasteiger partial charge is 0.373 e. The first-order valence-corrected chi connectivity index (χ1v) is 12.2. The number of carbonyl (C=O) groups excluding carboxylic acids is 1. The first-order chi connectivity index (χ1) is 14.8. The molecule has 0 aliphatic carbocycles. The summed E-state index contributed by atoms with van der Waals surface area (Å²) < 4.78 is 34.9. The number of nitriles is 1. The zero-order chi connectivity index (χ0) is 22.2. The van der Waals surface area contributed by atoms with Gasteiger partial charge in [-0.05, 0) is 44.5 Å². The molecule has 10 heteroatoms. The molecule has 1 aromatic rings. The summed E-state index contributed by atoms with van der Waals surface area (Å²) >= 11 is 0. The monoisotopic (exact) mass is 447 g/mol. The van der Waals surface area contributed by atoms with Gasteiger partial charge in [0.25, 0.3) is 10.2 Å². The summed E-state index contributed by atoms with van der Waals surface area (Å²) in [7, 11) is -3.53. The van der Waals surface area contributed by atoms with Crippen LogP contribution in [-0.2, 0) is 19.7 Å². The molecule has 9 nitrogen and oxygen atoms in total. The van der Waals surface area contributed by atoms with E-state index in [4.69, 9.17) is 10.00 Å².